The highest BCUT2D eigenvalue weighted by molar-refractivity contribution is 5.98. The lowest BCUT2D eigenvalue weighted by Gasteiger charge is -2.21. The summed E-state index contributed by atoms with van der Waals surface area (Å²) in [6, 6.07) is 11.2. The Morgan fingerprint density at radius 2 is 1.89 bits per heavy atom. The number of hydrogen-bond acceptors (Lipinski definition) is 5. The maximum absolute atomic E-state index is 13.2. The van der Waals surface area contributed by atoms with Crippen LogP contribution in [-0.2, 0) is 11.3 Å². The molecule has 0 aliphatic carbocycles. The highest BCUT2D eigenvalue weighted by atomic mass is 16.5. The van der Waals surface area contributed by atoms with Crippen molar-refractivity contribution in [1.29, 1.82) is 0 Å². The smallest absolute Gasteiger partial charge is 0.270 e. The molecule has 1 N–H and O–H groups in total. The minimum atomic E-state index is -0.0871. The Labute approximate surface area is 164 Å². The summed E-state index contributed by atoms with van der Waals surface area (Å²) in [6.07, 6.45) is 2.48. The fourth-order valence-corrected chi connectivity index (χ4v) is 3.08. The number of ether oxygens (including phenoxy) is 3. The van der Waals surface area contributed by atoms with Gasteiger partial charge in [0, 0.05) is 43.4 Å². The lowest BCUT2D eigenvalue weighted by molar-refractivity contribution is 0.0716. The van der Waals surface area contributed by atoms with E-state index in [1.807, 2.05) is 36.4 Å². The first-order valence-corrected chi connectivity index (χ1v) is 9.09. The van der Waals surface area contributed by atoms with Crippen LogP contribution in [0.1, 0.15) is 22.6 Å². The van der Waals surface area contributed by atoms with E-state index in [1.165, 1.54) is 0 Å². The second kappa shape index (κ2) is 9.23. The standard InChI is InChI=1S/C21H25N3O4/c1-26-10-6-9-24(14-16-7-4-5-8-22-16)21(25)18-11-15-12-19(27-2)20(28-3)13-17(15)23-18/h4-5,7-8,11-13,23H,6,9-10,14H2,1-3H3. The summed E-state index contributed by atoms with van der Waals surface area (Å²) < 4.78 is 15.8. The van der Waals surface area contributed by atoms with Gasteiger partial charge >= 0.3 is 0 Å². The molecule has 2 heterocycles. The van der Waals surface area contributed by atoms with E-state index >= 15 is 0 Å². The molecule has 3 aromatic rings. The van der Waals surface area contributed by atoms with Crippen LogP contribution in [-0.4, -0.2) is 55.3 Å². The van der Waals surface area contributed by atoms with E-state index in [4.69, 9.17) is 14.2 Å². The molecule has 0 fully saturated rings. The maximum atomic E-state index is 13.2. The van der Waals surface area contributed by atoms with Crippen LogP contribution in [0.3, 0.4) is 0 Å². The number of fused-ring (bicyclic) bond motifs is 1. The number of rotatable bonds is 9. The van der Waals surface area contributed by atoms with Gasteiger partial charge in [-0.25, -0.2) is 0 Å². The number of nitrogens with one attached hydrogen (secondary N) is 1. The summed E-state index contributed by atoms with van der Waals surface area (Å²) in [5, 5.41) is 0.885. The van der Waals surface area contributed by atoms with Crippen LogP contribution >= 0.6 is 0 Å². The van der Waals surface area contributed by atoms with Gasteiger partial charge in [0.15, 0.2) is 11.5 Å². The van der Waals surface area contributed by atoms with Crippen LogP contribution in [0.25, 0.3) is 10.9 Å². The van der Waals surface area contributed by atoms with Gasteiger partial charge in [-0.1, -0.05) is 6.07 Å². The van der Waals surface area contributed by atoms with E-state index in [1.54, 1.807) is 32.4 Å². The lowest BCUT2D eigenvalue weighted by atomic mass is 10.2. The topological polar surface area (TPSA) is 76.7 Å². The van der Waals surface area contributed by atoms with E-state index in [-0.39, 0.29) is 5.91 Å². The molecule has 7 nitrogen and oxygen atoms in total. The quantitative estimate of drug-likeness (QED) is 0.574. The summed E-state index contributed by atoms with van der Waals surface area (Å²) in [4.78, 5) is 22.5. The molecule has 0 aliphatic heterocycles. The molecule has 0 bridgehead atoms. The Balaban J connectivity index is 1.88. The molecule has 1 amide bonds. The van der Waals surface area contributed by atoms with Crippen molar-refractivity contribution in [3.05, 3.63) is 54.0 Å². The van der Waals surface area contributed by atoms with Gasteiger partial charge in [-0.3, -0.25) is 9.78 Å². The molecule has 0 saturated carbocycles. The zero-order valence-electron chi connectivity index (χ0n) is 16.4. The molecule has 0 saturated heterocycles. The van der Waals surface area contributed by atoms with Gasteiger partial charge in [-0.05, 0) is 30.7 Å². The number of aromatic nitrogens is 2. The van der Waals surface area contributed by atoms with Gasteiger partial charge in [0.25, 0.3) is 5.91 Å². The molecule has 0 atom stereocenters. The number of hydrogen-bond donors (Lipinski definition) is 1. The third-order valence-corrected chi connectivity index (χ3v) is 4.50. The van der Waals surface area contributed by atoms with E-state index < -0.39 is 0 Å². The Kier molecular flexibility index (Phi) is 6.49. The number of H-pyrrole nitrogens is 1. The fourth-order valence-electron chi connectivity index (χ4n) is 3.08. The first kappa shape index (κ1) is 19.7. The van der Waals surface area contributed by atoms with Crippen LogP contribution in [0.2, 0.25) is 0 Å². The minimum absolute atomic E-state index is 0.0871. The van der Waals surface area contributed by atoms with Crippen LogP contribution in [0.5, 0.6) is 11.5 Å². The van der Waals surface area contributed by atoms with Crippen LogP contribution in [0, 0.1) is 0 Å². The predicted octanol–water partition coefficient (Wildman–Crippen LogP) is 3.26. The molecule has 0 unspecified atom stereocenters. The Morgan fingerprint density at radius 1 is 1.11 bits per heavy atom. The summed E-state index contributed by atoms with van der Waals surface area (Å²) in [5.74, 6) is 1.15. The third-order valence-electron chi connectivity index (χ3n) is 4.50. The second-order valence-electron chi connectivity index (χ2n) is 6.37. The maximum Gasteiger partial charge on any atom is 0.270 e. The Bertz CT molecular complexity index is 883. The minimum Gasteiger partial charge on any atom is -0.493 e. The second-order valence-corrected chi connectivity index (χ2v) is 6.37. The number of amides is 1. The van der Waals surface area contributed by atoms with Crippen LogP contribution in [0.4, 0.5) is 0 Å². The number of nitrogens with zero attached hydrogens (tertiary/aromatic N) is 2. The SMILES string of the molecule is COCCCN(Cc1ccccn1)C(=O)c1cc2cc(OC)c(OC)cc2[nH]1. The lowest BCUT2D eigenvalue weighted by Crippen LogP contribution is -2.32. The predicted molar refractivity (Wildman–Crippen MR) is 107 cm³/mol. The van der Waals surface area contributed by atoms with Crippen molar-refractivity contribution in [3.8, 4) is 11.5 Å². The van der Waals surface area contributed by atoms with Crippen molar-refractivity contribution >= 4 is 16.8 Å². The van der Waals surface area contributed by atoms with Gasteiger partial charge in [0.1, 0.15) is 5.69 Å². The number of pyridine rings is 1. The molecule has 3 rings (SSSR count). The highest BCUT2D eigenvalue weighted by Gasteiger charge is 2.19. The fraction of sp³-hybridized carbons (Fsp3) is 0.333. The Hall–Kier alpha value is -3.06. The number of aromatic amines is 1. The van der Waals surface area contributed by atoms with E-state index in [9.17, 15) is 4.79 Å². The average Bonchev–Trinajstić information content (AvgIpc) is 3.15. The monoisotopic (exact) mass is 383 g/mol. The summed E-state index contributed by atoms with van der Waals surface area (Å²) in [6.45, 7) is 1.60. The molecular weight excluding hydrogens is 358 g/mol. The molecule has 2 aromatic heterocycles. The van der Waals surface area contributed by atoms with Gasteiger partial charge in [-0.2, -0.15) is 0 Å². The van der Waals surface area contributed by atoms with E-state index in [2.05, 4.69) is 9.97 Å². The van der Waals surface area contributed by atoms with Crippen molar-refractivity contribution in [3.63, 3.8) is 0 Å². The summed E-state index contributed by atoms with van der Waals surface area (Å²) >= 11 is 0. The van der Waals surface area contributed by atoms with Gasteiger partial charge < -0.3 is 24.1 Å². The normalized spacial score (nSPS) is 10.8. The molecule has 0 aliphatic rings. The van der Waals surface area contributed by atoms with Crippen molar-refractivity contribution in [2.75, 3.05) is 34.5 Å². The van der Waals surface area contributed by atoms with Gasteiger partial charge in [-0.15, -0.1) is 0 Å². The molecule has 7 heteroatoms. The number of carbonyl (C=O) groups is 1. The van der Waals surface area contributed by atoms with E-state index in [0.29, 0.717) is 36.9 Å². The Morgan fingerprint density at radius 3 is 2.57 bits per heavy atom. The van der Waals surface area contributed by atoms with Crippen LogP contribution < -0.4 is 9.47 Å². The molecule has 1 aromatic carbocycles. The van der Waals surface area contributed by atoms with Crippen molar-refractivity contribution < 1.29 is 19.0 Å². The summed E-state index contributed by atoms with van der Waals surface area (Å²) in [5.41, 5.74) is 2.17. The van der Waals surface area contributed by atoms with Crippen LogP contribution in [0.15, 0.2) is 42.6 Å². The molecule has 0 spiro atoms. The van der Waals surface area contributed by atoms with Crippen molar-refractivity contribution in [2.45, 2.75) is 13.0 Å². The van der Waals surface area contributed by atoms with Crippen molar-refractivity contribution in [1.82, 2.24) is 14.9 Å². The number of benzene rings is 1. The molecule has 28 heavy (non-hydrogen) atoms. The summed E-state index contributed by atoms with van der Waals surface area (Å²) in [7, 11) is 4.83. The van der Waals surface area contributed by atoms with Crippen molar-refractivity contribution in [2.24, 2.45) is 0 Å². The zero-order chi connectivity index (χ0) is 19.9. The number of methoxy groups -OCH3 is 3. The van der Waals surface area contributed by atoms with Gasteiger partial charge in [0.2, 0.25) is 0 Å². The molecule has 0 radical (unpaired) electrons. The third kappa shape index (κ3) is 4.43. The molecular formula is C21H25N3O4. The average molecular weight is 383 g/mol. The van der Waals surface area contributed by atoms with Gasteiger partial charge in [0.05, 0.1) is 26.5 Å². The first-order valence-electron chi connectivity index (χ1n) is 9.09. The number of carbonyl (C=O) groups excluding carboxylic acids is 1. The largest absolute Gasteiger partial charge is 0.493 e. The first-order chi connectivity index (χ1) is 13.7. The highest BCUT2D eigenvalue weighted by Crippen LogP contribution is 2.32. The van der Waals surface area contributed by atoms with E-state index in [0.717, 1.165) is 23.0 Å². The molecule has 148 valence electrons. The zero-order valence-corrected chi connectivity index (χ0v) is 16.4.